The smallest absolute Gasteiger partial charge is 0.231 e. The Labute approximate surface area is 257 Å². The molecule has 5 nitrogen and oxygen atoms in total. The van der Waals surface area contributed by atoms with Gasteiger partial charge in [-0.05, 0) is 88.6 Å². The van der Waals surface area contributed by atoms with Crippen molar-refractivity contribution in [3.8, 4) is 5.75 Å². The highest BCUT2D eigenvalue weighted by Gasteiger charge is 2.43. The average Bonchev–Trinajstić information content (AvgIpc) is 3.38. The molecule has 0 heterocycles. The molecule has 0 bridgehead atoms. The van der Waals surface area contributed by atoms with Gasteiger partial charge in [-0.3, -0.25) is 9.59 Å². The van der Waals surface area contributed by atoms with Crippen molar-refractivity contribution in [2.45, 2.75) is 72.1 Å². The summed E-state index contributed by atoms with van der Waals surface area (Å²) in [7, 11) is 1.84. The predicted molar refractivity (Wildman–Crippen MR) is 176 cm³/mol. The highest BCUT2D eigenvalue weighted by atomic mass is 16.5. The number of nitrogens with zero attached hydrogens (tertiary/aromatic N) is 2. The van der Waals surface area contributed by atoms with Crippen LogP contribution in [0.25, 0.3) is 5.57 Å². The number of benzene rings is 3. The standard InChI is InChI=1S/C38H46N2O3/c1-9-40(10-2)19-20-43-29-16-18-31-32(24-29)38(6,7)33-23-26-22-28(15-17-30(26)35(33)36(31)42)39(8)34(41)21-25-11-13-27(14-12-25)37(3,4)5/h11-18,22,24H,9-10,19-21,23H2,1-8H3. The zero-order valence-corrected chi connectivity index (χ0v) is 27.1. The number of hydrogen-bond acceptors (Lipinski definition) is 4. The maximum absolute atomic E-state index is 13.9. The molecule has 0 saturated carbocycles. The largest absolute Gasteiger partial charge is 0.492 e. The fraction of sp³-hybridized carbons (Fsp3) is 0.421. The summed E-state index contributed by atoms with van der Waals surface area (Å²) >= 11 is 0. The van der Waals surface area contributed by atoms with E-state index in [1.54, 1.807) is 4.90 Å². The van der Waals surface area contributed by atoms with Gasteiger partial charge >= 0.3 is 0 Å². The van der Waals surface area contributed by atoms with Crippen molar-refractivity contribution >= 4 is 23.0 Å². The molecule has 226 valence electrons. The van der Waals surface area contributed by atoms with Crippen LogP contribution in [-0.4, -0.2) is 49.9 Å². The number of fused-ring (bicyclic) bond motifs is 3. The normalized spacial score (nSPS) is 15.3. The summed E-state index contributed by atoms with van der Waals surface area (Å²) in [5, 5.41) is 0. The number of rotatable bonds is 9. The Balaban J connectivity index is 1.33. The molecule has 5 heteroatoms. The van der Waals surface area contributed by atoms with Gasteiger partial charge < -0.3 is 14.5 Å². The number of hydrogen-bond donors (Lipinski definition) is 0. The molecular formula is C38H46N2O3. The van der Waals surface area contributed by atoms with Gasteiger partial charge in [-0.1, -0.05) is 78.8 Å². The molecule has 3 aromatic carbocycles. The van der Waals surface area contributed by atoms with E-state index in [0.717, 1.165) is 70.0 Å². The van der Waals surface area contributed by atoms with Gasteiger partial charge in [0, 0.05) is 35.8 Å². The van der Waals surface area contributed by atoms with Gasteiger partial charge in [0.1, 0.15) is 12.4 Å². The van der Waals surface area contributed by atoms with Crippen LogP contribution in [0, 0.1) is 0 Å². The molecule has 0 atom stereocenters. The molecule has 3 aromatic rings. The number of Topliss-reactive ketones (excluding diaryl/α,β-unsaturated/α-hetero) is 1. The third-order valence-electron chi connectivity index (χ3n) is 9.43. The number of ketones is 1. The minimum atomic E-state index is -0.322. The van der Waals surface area contributed by atoms with Gasteiger partial charge in [-0.15, -0.1) is 0 Å². The molecule has 1 amide bonds. The van der Waals surface area contributed by atoms with Crippen LogP contribution in [0.2, 0.25) is 0 Å². The molecule has 0 saturated heterocycles. The van der Waals surface area contributed by atoms with E-state index in [4.69, 9.17) is 4.74 Å². The van der Waals surface area contributed by atoms with E-state index in [9.17, 15) is 9.59 Å². The Kier molecular flexibility index (Phi) is 8.41. The second kappa shape index (κ2) is 11.8. The lowest BCUT2D eigenvalue weighted by Gasteiger charge is -2.34. The topological polar surface area (TPSA) is 49.9 Å². The summed E-state index contributed by atoms with van der Waals surface area (Å²) in [4.78, 5) is 31.2. The van der Waals surface area contributed by atoms with E-state index in [2.05, 4.69) is 89.8 Å². The minimum Gasteiger partial charge on any atom is -0.492 e. The lowest BCUT2D eigenvalue weighted by Crippen LogP contribution is -2.30. The van der Waals surface area contributed by atoms with Gasteiger partial charge in [0.15, 0.2) is 5.78 Å². The van der Waals surface area contributed by atoms with Gasteiger partial charge in [0.2, 0.25) is 5.91 Å². The number of carbonyl (C=O) groups excluding carboxylic acids is 2. The van der Waals surface area contributed by atoms with Crippen molar-refractivity contribution in [3.63, 3.8) is 0 Å². The lowest BCUT2D eigenvalue weighted by molar-refractivity contribution is -0.117. The van der Waals surface area contributed by atoms with E-state index in [0.29, 0.717) is 19.4 Å². The Bertz CT molecular complexity index is 1570. The van der Waals surface area contributed by atoms with Crippen molar-refractivity contribution in [3.05, 3.63) is 99.6 Å². The number of anilines is 1. The van der Waals surface area contributed by atoms with Gasteiger partial charge in [0.05, 0.1) is 6.42 Å². The summed E-state index contributed by atoms with van der Waals surface area (Å²) in [5.41, 5.74) is 8.69. The first-order chi connectivity index (χ1) is 20.3. The highest BCUT2D eigenvalue weighted by Crippen LogP contribution is 2.50. The Morgan fingerprint density at radius 2 is 1.60 bits per heavy atom. The fourth-order valence-electron chi connectivity index (χ4n) is 6.43. The Hall–Kier alpha value is -3.70. The zero-order valence-electron chi connectivity index (χ0n) is 27.1. The molecule has 0 spiro atoms. The fourth-order valence-corrected chi connectivity index (χ4v) is 6.43. The molecular weight excluding hydrogens is 532 g/mol. The molecule has 5 rings (SSSR count). The predicted octanol–water partition coefficient (Wildman–Crippen LogP) is 7.39. The van der Waals surface area contributed by atoms with Crippen LogP contribution in [-0.2, 0) is 28.5 Å². The van der Waals surface area contributed by atoms with Crippen LogP contribution in [0.4, 0.5) is 5.69 Å². The third-order valence-corrected chi connectivity index (χ3v) is 9.43. The van der Waals surface area contributed by atoms with Crippen molar-refractivity contribution in [2.24, 2.45) is 0 Å². The zero-order chi connectivity index (χ0) is 31.1. The van der Waals surface area contributed by atoms with E-state index in [1.807, 2.05) is 31.3 Å². The first-order valence-corrected chi connectivity index (χ1v) is 15.6. The second-order valence-corrected chi connectivity index (χ2v) is 13.5. The first kappa shape index (κ1) is 30.7. The number of ether oxygens (including phenoxy) is 1. The Morgan fingerprint density at radius 1 is 0.930 bits per heavy atom. The summed E-state index contributed by atoms with van der Waals surface area (Å²) in [6, 6.07) is 20.4. The summed E-state index contributed by atoms with van der Waals surface area (Å²) in [5.74, 6) is 0.923. The molecule has 0 N–H and O–H groups in total. The molecule has 2 aliphatic rings. The van der Waals surface area contributed by atoms with Crippen LogP contribution in [0.15, 0.2) is 66.2 Å². The van der Waals surface area contributed by atoms with Gasteiger partial charge in [-0.25, -0.2) is 0 Å². The monoisotopic (exact) mass is 578 g/mol. The number of allylic oxidation sites excluding steroid dienone is 2. The number of carbonyl (C=O) groups is 2. The summed E-state index contributed by atoms with van der Waals surface area (Å²) < 4.78 is 6.13. The second-order valence-electron chi connectivity index (χ2n) is 13.5. The molecule has 0 fully saturated rings. The molecule has 2 aliphatic carbocycles. The molecule has 43 heavy (non-hydrogen) atoms. The van der Waals surface area contributed by atoms with Crippen molar-refractivity contribution in [1.82, 2.24) is 4.90 Å². The van der Waals surface area contributed by atoms with Crippen LogP contribution in [0.3, 0.4) is 0 Å². The van der Waals surface area contributed by atoms with E-state index >= 15 is 0 Å². The number of likely N-dealkylation sites (N-methyl/N-ethyl adjacent to an activating group) is 2. The van der Waals surface area contributed by atoms with E-state index in [-0.39, 0.29) is 22.5 Å². The van der Waals surface area contributed by atoms with E-state index in [1.165, 1.54) is 5.56 Å². The summed E-state index contributed by atoms with van der Waals surface area (Å²) in [6.07, 6.45) is 1.03. The SMILES string of the molecule is CCN(CC)CCOc1ccc2c(c1)C(C)(C)C1=C(C2=O)c2ccc(N(C)C(=O)Cc3ccc(C(C)(C)C)cc3)cc2C1. The van der Waals surface area contributed by atoms with Gasteiger partial charge in [-0.2, -0.15) is 0 Å². The molecule has 0 aliphatic heterocycles. The molecule has 0 radical (unpaired) electrons. The maximum Gasteiger partial charge on any atom is 0.231 e. The highest BCUT2D eigenvalue weighted by molar-refractivity contribution is 6.33. The lowest BCUT2D eigenvalue weighted by atomic mass is 9.68. The van der Waals surface area contributed by atoms with Crippen molar-refractivity contribution < 1.29 is 14.3 Å². The summed E-state index contributed by atoms with van der Waals surface area (Å²) in [6.45, 7) is 18.8. The minimum absolute atomic E-state index is 0.0384. The molecule has 0 aromatic heterocycles. The van der Waals surface area contributed by atoms with Crippen LogP contribution >= 0.6 is 0 Å². The first-order valence-electron chi connectivity index (χ1n) is 15.6. The quantitative estimate of drug-likeness (QED) is 0.266. The van der Waals surface area contributed by atoms with Crippen LogP contribution in [0.1, 0.15) is 86.6 Å². The molecule has 0 unspecified atom stereocenters. The van der Waals surface area contributed by atoms with Crippen LogP contribution in [0.5, 0.6) is 5.75 Å². The maximum atomic E-state index is 13.9. The number of amides is 1. The average molecular weight is 579 g/mol. The van der Waals surface area contributed by atoms with E-state index < -0.39 is 0 Å². The van der Waals surface area contributed by atoms with Crippen molar-refractivity contribution in [2.75, 3.05) is 38.2 Å². The van der Waals surface area contributed by atoms with Crippen LogP contribution < -0.4 is 9.64 Å². The third kappa shape index (κ3) is 5.92. The van der Waals surface area contributed by atoms with Gasteiger partial charge in [0.25, 0.3) is 0 Å². The Morgan fingerprint density at radius 3 is 2.26 bits per heavy atom. The van der Waals surface area contributed by atoms with Crippen molar-refractivity contribution in [1.29, 1.82) is 0 Å².